The van der Waals surface area contributed by atoms with Crippen LogP contribution in [0.5, 0.6) is 11.5 Å². The molecule has 1 heterocycles. The Labute approximate surface area is 152 Å². The molecule has 8 heteroatoms. The maximum atomic E-state index is 12.2. The minimum atomic E-state index is -0.337. The monoisotopic (exact) mass is 404 g/mol. The molecule has 0 N–H and O–H groups in total. The summed E-state index contributed by atoms with van der Waals surface area (Å²) >= 11 is 3.46. The van der Waals surface area contributed by atoms with Gasteiger partial charge in [-0.3, -0.25) is 0 Å². The van der Waals surface area contributed by atoms with Crippen LogP contribution in [0, 0.1) is 0 Å². The Hall–Kier alpha value is -2.61. The van der Waals surface area contributed by atoms with E-state index in [0.29, 0.717) is 23.8 Å². The molecule has 0 aliphatic carbocycles. The minimum Gasteiger partial charge on any atom is -0.493 e. The normalized spacial score (nSPS) is 10.7. The summed E-state index contributed by atoms with van der Waals surface area (Å²) in [6, 6.07) is 13.0. The minimum absolute atomic E-state index is 0.219. The van der Waals surface area contributed by atoms with Crippen LogP contribution in [0.15, 0.2) is 51.7 Å². The first-order valence-electron chi connectivity index (χ1n) is 7.73. The fourth-order valence-corrected chi connectivity index (χ4v) is 2.76. The van der Waals surface area contributed by atoms with Gasteiger partial charge >= 0.3 is 5.69 Å². The van der Waals surface area contributed by atoms with E-state index in [9.17, 15) is 4.79 Å². The van der Waals surface area contributed by atoms with Gasteiger partial charge in [-0.1, -0.05) is 18.2 Å². The lowest BCUT2D eigenvalue weighted by atomic mass is 10.1. The topological polar surface area (TPSA) is 71.2 Å². The summed E-state index contributed by atoms with van der Waals surface area (Å²) in [5, 5.41) is 7.69. The van der Waals surface area contributed by atoms with Gasteiger partial charge in [0.05, 0.1) is 22.3 Å². The fraction of sp³-hybridized carbons (Fsp3) is 0.235. The number of hydrogen-bond acceptors (Lipinski definition) is 5. The summed E-state index contributed by atoms with van der Waals surface area (Å²) in [6.07, 6.45) is 0. The lowest BCUT2D eigenvalue weighted by Gasteiger charge is -2.15. The molecule has 0 spiro atoms. The van der Waals surface area contributed by atoms with Crippen molar-refractivity contribution in [3.63, 3.8) is 0 Å². The highest BCUT2D eigenvalue weighted by Crippen LogP contribution is 2.29. The predicted molar refractivity (Wildman–Crippen MR) is 96.2 cm³/mol. The third-order valence-electron chi connectivity index (χ3n) is 3.57. The molecule has 0 amide bonds. The van der Waals surface area contributed by atoms with Crippen LogP contribution >= 0.6 is 15.9 Å². The summed E-state index contributed by atoms with van der Waals surface area (Å²) in [4.78, 5) is 12.2. The van der Waals surface area contributed by atoms with E-state index in [4.69, 9.17) is 9.47 Å². The molecule has 3 aromatic rings. The van der Waals surface area contributed by atoms with Gasteiger partial charge in [0.2, 0.25) is 0 Å². The molecular formula is C17H17BrN4O3. The van der Waals surface area contributed by atoms with Crippen molar-refractivity contribution in [2.24, 2.45) is 7.05 Å². The molecule has 0 saturated heterocycles. The zero-order chi connectivity index (χ0) is 17.8. The molecule has 1 aromatic heterocycles. The molecule has 130 valence electrons. The lowest BCUT2D eigenvalue weighted by molar-refractivity contribution is 0.284. The third-order valence-corrected chi connectivity index (χ3v) is 4.22. The molecule has 0 saturated carbocycles. The summed E-state index contributed by atoms with van der Waals surface area (Å²) in [6.45, 7) is 2.62. The van der Waals surface area contributed by atoms with E-state index in [1.54, 1.807) is 13.1 Å². The molecule has 25 heavy (non-hydrogen) atoms. The second-order valence-corrected chi connectivity index (χ2v) is 6.06. The summed E-state index contributed by atoms with van der Waals surface area (Å²) in [7, 11) is 1.55. The van der Waals surface area contributed by atoms with Crippen LogP contribution in [0.1, 0.15) is 12.5 Å². The maximum absolute atomic E-state index is 12.2. The molecule has 0 aliphatic heterocycles. The number of benzene rings is 2. The Balaban J connectivity index is 2.02. The number of aromatic nitrogens is 4. The summed E-state index contributed by atoms with van der Waals surface area (Å²) in [5.41, 5.74) is 0.967. The van der Waals surface area contributed by atoms with E-state index in [2.05, 4.69) is 26.4 Å². The van der Waals surface area contributed by atoms with Gasteiger partial charge in [0.1, 0.15) is 18.1 Å². The Bertz CT molecular complexity index is 936. The van der Waals surface area contributed by atoms with Crippen LogP contribution in [0.4, 0.5) is 0 Å². The first kappa shape index (κ1) is 17.2. The van der Waals surface area contributed by atoms with Gasteiger partial charge < -0.3 is 9.47 Å². The van der Waals surface area contributed by atoms with Crippen molar-refractivity contribution in [2.75, 3.05) is 6.61 Å². The third kappa shape index (κ3) is 3.58. The van der Waals surface area contributed by atoms with Gasteiger partial charge in [0.25, 0.3) is 0 Å². The second-order valence-electron chi connectivity index (χ2n) is 5.20. The van der Waals surface area contributed by atoms with Gasteiger partial charge in [-0.2, -0.15) is 9.36 Å². The molecule has 0 fully saturated rings. The first-order valence-corrected chi connectivity index (χ1v) is 8.52. The first-order chi connectivity index (χ1) is 12.1. The highest BCUT2D eigenvalue weighted by molar-refractivity contribution is 9.10. The second kappa shape index (κ2) is 7.52. The average molecular weight is 405 g/mol. The van der Waals surface area contributed by atoms with Crippen molar-refractivity contribution in [2.45, 2.75) is 13.5 Å². The quantitative estimate of drug-likeness (QED) is 0.631. The van der Waals surface area contributed by atoms with E-state index in [1.807, 2.05) is 43.3 Å². The van der Waals surface area contributed by atoms with Crippen LogP contribution < -0.4 is 15.2 Å². The van der Waals surface area contributed by atoms with Crippen molar-refractivity contribution in [1.82, 2.24) is 19.8 Å². The largest absolute Gasteiger partial charge is 0.493 e. The van der Waals surface area contributed by atoms with Gasteiger partial charge in [0.15, 0.2) is 0 Å². The van der Waals surface area contributed by atoms with Crippen molar-refractivity contribution in [3.05, 3.63) is 63.0 Å². The molecule has 0 radical (unpaired) electrons. The molecule has 0 bridgehead atoms. The van der Waals surface area contributed by atoms with Crippen molar-refractivity contribution in [3.8, 4) is 17.2 Å². The highest BCUT2D eigenvalue weighted by atomic mass is 79.9. The molecule has 3 rings (SSSR count). The number of ether oxygens (including phenoxy) is 2. The van der Waals surface area contributed by atoms with E-state index >= 15 is 0 Å². The van der Waals surface area contributed by atoms with Crippen LogP contribution in [-0.4, -0.2) is 26.4 Å². The van der Waals surface area contributed by atoms with Gasteiger partial charge in [-0.15, -0.1) is 0 Å². The average Bonchev–Trinajstić information content (AvgIpc) is 2.94. The summed E-state index contributed by atoms with van der Waals surface area (Å²) < 4.78 is 14.9. The summed E-state index contributed by atoms with van der Waals surface area (Å²) in [5.74, 6) is 1.34. The Morgan fingerprint density at radius 2 is 1.80 bits per heavy atom. The van der Waals surface area contributed by atoms with Crippen LogP contribution in [0.2, 0.25) is 0 Å². The smallest absolute Gasteiger partial charge is 0.368 e. The zero-order valence-corrected chi connectivity index (χ0v) is 15.4. The Morgan fingerprint density at radius 1 is 1.04 bits per heavy atom. The number of hydrogen-bond donors (Lipinski definition) is 0. The number of para-hydroxylation sites is 1. The predicted octanol–water partition coefficient (Wildman–Crippen LogP) is 2.71. The van der Waals surface area contributed by atoms with Crippen LogP contribution in [-0.2, 0) is 13.7 Å². The fourth-order valence-electron chi connectivity index (χ4n) is 2.36. The number of tetrazole rings is 1. The number of rotatable bonds is 6. The van der Waals surface area contributed by atoms with Crippen molar-refractivity contribution < 1.29 is 9.47 Å². The number of nitrogens with zero attached hydrogens (tertiary/aromatic N) is 4. The molecule has 7 nitrogen and oxygen atoms in total. The highest BCUT2D eigenvalue weighted by Gasteiger charge is 2.16. The lowest BCUT2D eigenvalue weighted by Crippen LogP contribution is -2.23. The van der Waals surface area contributed by atoms with Crippen LogP contribution in [0.3, 0.4) is 0 Å². The molecular weight excluding hydrogens is 388 g/mol. The maximum Gasteiger partial charge on any atom is 0.368 e. The Kier molecular flexibility index (Phi) is 5.18. The Morgan fingerprint density at radius 3 is 2.48 bits per heavy atom. The molecule has 0 unspecified atom stereocenters. The number of halogens is 1. The van der Waals surface area contributed by atoms with Gasteiger partial charge in [-0.05, 0) is 57.5 Å². The van der Waals surface area contributed by atoms with Gasteiger partial charge in [0, 0.05) is 7.05 Å². The van der Waals surface area contributed by atoms with Crippen molar-refractivity contribution >= 4 is 15.9 Å². The molecule has 0 aliphatic rings. The van der Waals surface area contributed by atoms with Gasteiger partial charge in [-0.25, -0.2) is 4.79 Å². The standard InChI is InChI=1S/C17H17BrN4O3/c1-3-24-15-10-6-8-14(22-17(23)21(2)19-20-22)12(15)11-25-16-9-5-4-7-13(16)18/h4-10H,3,11H2,1-2H3. The SMILES string of the molecule is CCOc1cccc(-n2nnn(C)c2=O)c1COc1ccccc1Br. The van der Waals surface area contributed by atoms with E-state index < -0.39 is 0 Å². The zero-order valence-electron chi connectivity index (χ0n) is 13.8. The molecule has 2 aromatic carbocycles. The van der Waals surface area contributed by atoms with E-state index in [1.165, 1.54) is 9.36 Å². The van der Waals surface area contributed by atoms with Crippen molar-refractivity contribution in [1.29, 1.82) is 0 Å². The molecule has 0 atom stereocenters. The van der Waals surface area contributed by atoms with E-state index in [-0.39, 0.29) is 12.3 Å². The van der Waals surface area contributed by atoms with Crippen LogP contribution in [0.25, 0.3) is 5.69 Å². The van der Waals surface area contributed by atoms with E-state index in [0.717, 1.165) is 10.0 Å². The number of aryl methyl sites for hydroxylation is 1.